The summed E-state index contributed by atoms with van der Waals surface area (Å²) in [7, 11) is 1.26. The van der Waals surface area contributed by atoms with Crippen molar-refractivity contribution >= 4 is 12.0 Å². The molecular formula is C8H13F3O3S. The Labute approximate surface area is 90.3 Å². The van der Waals surface area contributed by atoms with Crippen LogP contribution in [-0.4, -0.2) is 18.5 Å². The fraction of sp³-hybridized carbons (Fsp3) is 1.00. The molecule has 0 radical (unpaired) electrons. The Hall–Kier alpha value is 0.0200. The van der Waals surface area contributed by atoms with Gasteiger partial charge in [-0.1, -0.05) is 11.5 Å². The van der Waals surface area contributed by atoms with Gasteiger partial charge in [-0.15, -0.1) is 4.33 Å². The first-order valence-corrected chi connectivity index (χ1v) is 5.44. The smallest absolute Gasteiger partial charge is 0.209 e. The highest BCUT2D eigenvalue weighted by Crippen LogP contribution is 2.41. The number of alkyl halides is 3. The highest BCUT2D eigenvalue weighted by Gasteiger charge is 2.42. The van der Waals surface area contributed by atoms with Crippen LogP contribution in [0.1, 0.15) is 25.7 Å². The molecule has 0 aromatic heterocycles. The monoisotopic (exact) mass is 246 g/mol. The molecule has 0 spiro atoms. The maximum absolute atomic E-state index is 12.4. The zero-order valence-electron chi connectivity index (χ0n) is 8.25. The van der Waals surface area contributed by atoms with Crippen LogP contribution in [0.25, 0.3) is 0 Å². The Kier molecular flexibility index (Phi) is 5.17. The van der Waals surface area contributed by atoms with Crippen molar-refractivity contribution in [2.45, 2.75) is 37.1 Å². The average molecular weight is 246 g/mol. The third-order valence-electron chi connectivity index (χ3n) is 2.36. The van der Waals surface area contributed by atoms with Gasteiger partial charge in [0, 0.05) is 17.3 Å². The maximum atomic E-state index is 12.4. The van der Waals surface area contributed by atoms with Crippen molar-refractivity contribution in [2.24, 2.45) is 5.92 Å². The van der Waals surface area contributed by atoms with Gasteiger partial charge in [0.15, 0.2) is 0 Å². The van der Waals surface area contributed by atoms with Gasteiger partial charge < -0.3 is 0 Å². The van der Waals surface area contributed by atoms with Crippen molar-refractivity contribution in [1.82, 2.24) is 0 Å². The minimum atomic E-state index is -4.10. The molecule has 2 unspecified atom stereocenters. The molecule has 0 saturated heterocycles. The molecule has 0 aromatic carbocycles. The zero-order valence-corrected chi connectivity index (χ0v) is 9.07. The van der Waals surface area contributed by atoms with E-state index in [1.807, 2.05) is 0 Å². The van der Waals surface area contributed by atoms with Gasteiger partial charge in [-0.3, -0.25) is 0 Å². The summed E-state index contributed by atoms with van der Waals surface area (Å²) < 4.78 is 41.7. The van der Waals surface area contributed by atoms with E-state index < -0.39 is 12.1 Å². The molecule has 15 heavy (non-hydrogen) atoms. The number of rotatable bonds is 4. The van der Waals surface area contributed by atoms with Gasteiger partial charge in [-0.25, -0.2) is 4.89 Å². The van der Waals surface area contributed by atoms with Gasteiger partial charge in [0.05, 0.1) is 13.0 Å². The fourth-order valence-electron chi connectivity index (χ4n) is 1.63. The second-order valence-electron chi connectivity index (χ2n) is 3.43. The molecule has 1 aliphatic carbocycles. The SMILES string of the molecule is COOOSC1CCCC(C(F)(F)F)C1. The summed E-state index contributed by atoms with van der Waals surface area (Å²) in [5.74, 6) is -1.21. The molecule has 7 heteroatoms. The molecule has 1 fully saturated rings. The van der Waals surface area contributed by atoms with Crippen LogP contribution >= 0.6 is 12.0 Å². The van der Waals surface area contributed by atoms with Crippen LogP contribution in [0.4, 0.5) is 13.2 Å². The Morgan fingerprint density at radius 3 is 2.60 bits per heavy atom. The molecule has 0 amide bonds. The van der Waals surface area contributed by atoms with Crippen LogP contribution in [0, 0.1) is 5.92 Å². The molecular weight excluding hydrogens is 233 g/mol. The molecule has 0 aromatic rings. The van der Waals surface area contributed by atoms with E-state index in [0.29, 0.717) is 12.8 Å². The Bertz CT molecular complexity index is 188. The molecule has 0 aliphatic heterocycles. The van der Waals surface area contributed by atoms with E-state index in [-0.39, 0.29) is 18.1 Å². The van der Waals surface area contributed by atoms with Gasteiger partial charge in [-0.2, -0.15) is 13.2 Å². The largest absolute Gasteiger partial charge is 0.391 e. The summed E-state index contributed by atoms with van der Waals surface area (Å²) in [4.78, 5) is 4.16. The van der Waals surface area contributed by atoms with Gasteiger partial charge in [-0.05, 0) is 19.3 Å². The van der Waals surface area contributed by atoms with Crippen LogP contribution < -0.4 is 0 Å². The highest BCUT2D eigenvalue weighted by atomic mass is 32.2. The second kappa shape index (κ2) is 5.93. The highest BCUT2D eigenvalue weighted by molar-refractivity contribution is 7.95. The Balaban J connectivity index is 2.29. The lowest BCUT2D eigenvalue weighted by Gasteiger charge is -2.28. The fourth-order valence-corrected chi connectivity index (χ4v) is 2.40. The number of hydrogen-bond acceptors (Lipinski definition) is 4. The van der Waals surface area contributed by atoms with E-state index in [1.54, 1.807) is 0 Å². The quantitative estimate of drug-likeness (QED) is 0.329. The van der Waals surface area contributed by atoms with Crippen molar-refractivity contribution in [2.75, 3.05) is 7.11 Å². The molecule has 0 bridgehead atoms. The van der Waals surface area contributed by atoms with Crippen molar-refractivity contribution in [3.8, 4) is 0 Å². The molecule has 0 N–H and O–H groups in total. The van der Waals surface area contributed by atoms with Crippen LogP contribution in [-0.2, 0) is 14.3 Å². The van der Waals surface area contributed by atoms with Crippen LogP contribution in [0.2, 0.25) is 0 Å². The van der Waals surface area contributed by atoms with E-state index in [0.717, 1.165) is 12.0 Å². The summed E-state index contributed by atoms with van der Waals surface area (Å²) >= 11 is 0.895. The normalized spacial score (nSPS) is 28.0. The van der Waals surface area contributed by atoms with Gasteiger partial charge in [0.2, 0.25) is 0 Å². The average Bonchev–Trinajstić information content (AvgIpc) is 2.17. The van der Waals surface area contributed by atoms with Crippen LogP contribution in [0.5, 0.6) is 0 Å². The molecule has 0 heterocycles. The lowest BCUT2D eigenvalue weighted by Crippen LogP contribution is -2.29. The van der Waals surface area contributed by atoms with Crippen molar-refractivity contribution < 1.29 is 27.4 Å². The Morgan fingerprint density at radius 1 is 1.27 bits per heavy atom. The molecule has 1 saturated carbocycles. The van der Waals surface area contributed by atoms with Gasteiger partial charge >= 0.3 is 6.18 Å². The predicted octanol–water partition coefficient (Wildman–Crippen LogP) is 3.27. The standard InChI is InChI=1S/C8H13F3O3S/c1-12-13-14-15-7-4-2-3-6(5-7)8(9,10)11/h6-7H,2-5H2,1H3. The van der Waals surface area contributed by atoms with E-state index in [1.165, 1.54) is 7.11 Å². The maximum Gasteiger partial charge on any atom is 0.391 e. The summed E-state index contributed by atoms with van der Waals surface area (Å²) in [5.41, 5.74) is 0. The van der Waals surface area contributed by atoms with Crippen molar-refractivity contribution in [3.05, 3.63) is 0 Å². The van der Waals surface area contributed by atoms with Crippen molar-refractivity contribution in [1.29, 1.82) is 0 Å². The van der Waals surface area contributed by atoms with E-state index in [9.17, 15) is 13.2 Å². The lowest BCUT2D eigenvalue weighted by molar-refractivity contribution is -0.447. The summed E-state index contributed by atoms with van der Waals surface area (Å²) in [6, 6.07) is 0. The molecule has 3 nitrogen and oxygen atoms in total. The Morgan fingerprint density at radius 2 is 2.00 bits per heavy atom. The first-order valence-electron chi connectivity index (χ1n) is 4.63. The lowest BCUT2D eigenvalue weighted by atomic mass is 9.88. The van der Waals surface area contributed by atoms with E-state index in [2.05, 4.69) is 14.3 Å². The summed E-state index contributed by atoms with van der Waals surface area (Å²) in [5, 5.41) is 3.96. The number of halogens is 3. The third-order valence-corrected chi connectivity index (χ3v) is 3.19. The molecule has 1 rings (SSSR count). The third kappa shape index (κ3) is 4.58. The minimum Gasteiger partial charge on any atom is -0.209 e. The van der Waals surface area contributed by atoms with Gasteiger partial charge in [0.1, 0.15) is 0 Å². The second-order valence-corrected chi connectivity index (χ2v) is 4.42. The summed E-state index contributed by atoms with van der Waals surface area (Å²) in [6.07, 6.45) is -2.52. The van der Waals surface area contributed by atoms with E-state index in [4.69, 9.17) is 0 Å². The van der Waals surface area contributed by atoms with Crippen molar-refractivity contribution in [3.63, 3.8) is 0 Å². The van der Waals surface area contributed by atoms with E-state index >= 15 is 0 Å². The minimum absolute atomic E-state index is 0.0846. The predicted molar refractivity (Wildman–Crippen MR) is 48.6 cm³/mol. The number of hydrogen-bond donors (Lipinski definition) is 0. The molecule has 2 atom stereocenters. The van der Waals surface area contributed by atoms with Crippen LogP contribution in [0.15, 0.2) is 0 Å². The zero-order chi connectivity index (χ0) is 11.3. The van der Waals surface area contributed by atoms with Crippen LogP contribution in [0.3, 0.4) is 0 Å². The topological polar surface area (TPSA) is 27.7 Å². The first kappa shape index (κ1) is 13.1. The first-order chi connectivity index (χ1) is 7.04. The molecule has 90 valence electrons. The summed E-state index contributed by atoms with van der Waals surface area (Å²) in [6.45, 7) is 0. The molecule has 1 aliphatic rings. The van der Waals surface area contributed by atoms with Gasteiger partial charge in [0.25, 0.3) is 0 Å².